The van der Waals surface area contributed by atoms with Gasteiger partial charge in [-0.05, 0) is 36.7 Å². The second-order valence-electron chi connectivity index (χ2n) is 5.49. The molecule has 0 aliphatic carbocycles. The van der Waals surface area contributed by atoms with Crippen LogP contribution in [0.15, 0.2) is 24.3 Å². The molecule has 1 aromatic carbocycles. The summed E-state index contributed by atoms with van der Waals surface area (Å²) < 4.78 is 0. The summed E-state index contributed by atoms with van der Waals surface area (Å²) in [6.45, 7) is 8.07. The molecule has 0 bridgehead atoms. The Bertz CT molecular complexity index is 505. The van der Waals surface area contributed by atoms with Gasteiger partial charge in [0.15, 0.2) is 0 Å². The van der Waals surface area contributed by atoms with Crippen LogP contribution in [-0.2, 0) is 4.79 Å². The minimum Gasteiger partial charge on any atom is -0.353 e. The van der Waals surface area contributed by atoms with E-state index in [0.29, 0.717) is 23.7 Å². The third kappa shape index (κ3) is 6.59. The lowest BCUT2D eigenvalue weighted by molar-refractivity contribution is -0.124. The van der Waals surface area contributed by atoms with Crippen molar-refractivity contribution in [2.45, 2.75) is 33.2 Å². The molecular formula is C17H26ClN3O2. The molecule has 1 rings (SSSR count). The van der Waals surface area contributed by atoms with Gasteiger partial charge in [-0.15, -0.1) is 0 Å². The lowest BCUT2D eigenvalue weighted by atomic mass is 9.98. The maximum atomic E-state index is 12.4. The fraction of sp³-hybridized carbons (Fsp3) is 0.529. The molecule has 6 heteroatoms. The molecule has 2 amide bonds. The number of hydrogen-bond donors (Lipinski definition) is 3. The van der Waals surface area contributed by atoms with Gasteiger partial charge >= 0.3 is 0 Å². The van der Waals surface area contributed by atoms with E-state index in [0.717, 1.165) is 13.0 Å². The van der Waals surface area contributed by atoms with Crippen molar-refractivity contribution in [2.24, 2.45) is 5.92 Å². The summed E-state index contributed by atoms with van der Waals surface area (Å²) >= 11 is 5.83. The number of nitrogens with one attached hydrogen (secondary N) is 3. The molecule has 128 valence electrons. The molecule has 2 unspecified atom stereocenters. The van der Waals surface area contributed by atoms with Crippen LogP contribution in [0.3, 0.4) is 0 Å². The Hall–Kier alpha value is -1.59. The van der Waals surface area contributed by atoms with Gasteiger partial charge in [0.1, 0.15) is 6.04 Å². The van der Waals surface area contributed by atoms with E-state index in [9.17, 15) is 9.59 Å². The number of halogens is 1. The van der Waals surface area contributed by atoms with Crippen LogP contribution >= 0.6 is 11.6 Å². The van der Waals surface area contributed by atoms with E-state index < -0.39 is 6.04 Å². The van der Waals surface area contributed by atoms with Gasteiger partial charge in [-0.3, -0.25) is 9.59 Å². The zero-order valence-electron chi connectivity index (χ0n) is 14.0. The van der Waals surface area contributed by atoms with Crippen molar-refractivity contribution in [2.75, 3.05) is 19.6 Å². The van der Waals surface area contributed by atoms with Crippen molar-refractivity contribution < 1.29 is 9.59 Å². The van der Waals surface area contributed by atoms with E-state index >= 15 is 0 Å². The summed E-state index contributed by atoms with van der Waals surface area (Å²) in [6.07, 6.45) is 0.798. The van der Waals surface area contributed by atoms with Crippen LogP contribution in [0.25, 0.3) is 0 Å². The molecule has 2 atom stereocenters. The van der Waals surface area contributed by atoms with Crippen LogP contribution < -0.4 is 16.0 Å². The highest BCUT2D eigenvalue weighted by Gasteiger charge is 2.25. The van der Waals surface area contributed by atoms with Crippen LogP contribution in [0.4, 0.5) is 0 Å². The minimum atomic E-state index is -0.551. The molecule has 5 nitrogen and oxygen atoms in total. The monoisotopic (exact) mass is 339 g/mol. The van der Waals surface area contributed by atoms with Gasteiger partial charge < -0.3 is 16.0 Å². The molecule has 0 saturated heterocycles. The molecule has 0 saturated carbocycles. The maximum absolute atomic E-state index is 12.4. The zero-order valence-corrected chi connectivity index (χ0v) is 14.7. The normalized spacial score (nSPS) is 13.2. The molecule has 0 aliphatic heterocycles. The average Bonchev–Trinajstić information content (AvgIpc) is 2.56. The Morgan fingerprint density at radius 3 is 2.35 bits per heavy atom. The van der Waals surface area contributed by atoms with Crippen molar-refractivity contribution in [3.8, 4) is 0 Å². The Labute approximate surface area is 143 Å². The Morgan fingerprint density at radius 2 is 1.78 bits per heavy atom. The number of hydrogen-bond acceptors (Lipinski definition) is 3. The summed E-state index contributed by atoms with van der Waals surface area (Å²) in [5.74, 6) is -0.376. The second-order valence-corrected chi connectivity index (χ2v) is 5.92. The number of amides is 2. The van der Waals surface area contributed by atoms with Crippen molar-refractivity contribution in [1.29, 1.82) is 0 Å². The van der Waals surface area contributed by atoms with Gasteiger partial charge in [0.25, 0.3) is 5.91 Å². The third-order valence-electron chi connectivity index (χ3n) is 3.74. The van der Waals surface area contributed by atoms with Gasteiger partial charge in [-0.2, -0.15) is 0 Å². The molecule has 23 heavy (non-hydrogen) atoms. The smallest absolute Gasteiger partial charge is 0.251 e. The van der Waals surface area contributed by atoms with Gasteiger partial charge in [0.2, 0.25) is 5.91 Å². The van der Waals surface area contributed by atoms with E-state index in [2.05, 4.69) is 16.0 Å². The molecule has 0 spiro atoms. The summed E-state index contributed by atoms with van der Waals surface area (Å²) in [5.41, 5.74) is 0.489. The third-order valence-corrected chi connectivity index (χ3v) is 3.99. The highest BCUT2D eigenvalue weighted by Crippen LogP contribution is 2.12. The predicted molar refractivity (Wildman–Crippen MR) is 93.7 cm³/mol. The van der Waals surface area contributed by atoms with E-state index in [1.807, 2.05) is 20.8 Å². The van der Waals surface area contributed by atoms with Crippen LogP contribution in [-0.4, -0.2) is 37.5 Å². The zero-order chi connectivity index (χ0) is 17.2. The van der Waals surface area contributed by atoms with Gasteiger partial charge in [-0.25, -0.2) is 0 Å². The highest BCUT2D eigenvalue weighted by atomic mass is 35.5. The van der Waals surface area contributed by atoms with E-state index in [4.69, 9.17) is 11.6 Å². The maximum Gasteiger partial charge on any atom is 0.251 e. The summed E-state index contributed by atoms with van der Waals surface area (Å²) in [4.78, 5) is 24.7. The number of benzene rings is 1. The lowest BCUT2D eigenvalue weighted by Crippen LogP contribution is -2.51. The molecule has 0 radical (unpaired) electrons. The number of carbonyl (C=O) groups is 2. The largest absolute Gasteiger partial charge is 0.353 e. The van der Waals surface area contributed by atoms with Crippen molar-refractivity contribution in [1.82, 2.24) is 16.0 Å². The fourth-order valence-corrected chi connectivity index (χ4v) is 2.21. The standard InChI is InChI=1S/C17H26ClN3O2/c1-4-12(3)15(17(23)20-11-10-19-5-2)21-16(22)13-6-8-14(18)9-7-13/h6-9,12,15,19H,4-5,10-11H2,1-3H3,(H,20,23)(H,21,22). The fourth-order valence-electron chi connectivity index (χ4n) is 2.09. The summed E-state index contributed by atoms with van der Waals surface area (Å²) in [5, 5.41) is 9.40. The Balaban J connectivity index is 2.68. The van der Waals surface area contributed by atoms with E-state index in [1.54, 1.807) is 24.3 Å². The Morgan fingerprint density at radius 1 is 1.13 bits per heavy atom. The van der Waals surface area contributed by atoms with Crippen molar-refractivity contribution in [3.05, 3.63) is 34.9 Å². The first-order valence-corrected chi connectivity index (χ1v) is 8.42. The molecule has 0 fully saturated rings. The molecule has 0 heterocycles. The molecule has 0 aliphatic rings. The Kier molecular flexibility index (Phi) is 8.66. The number of carbonyl (C=O) groups excluding carboxylic acids is 2. The predicted octanol–water partition coefficient (Wildman–Crippen LogP) is 2.21. The van der Waals surface area contributed by atoms with Gasteiger partial charge in [-0.1, -0.05) is 38.8 Å². The van der Waals surface area contributed by atoms with Crippen molar-refractivity contribution in [3.63, 3.8) is 0 Å². The first-order valence-electron chi connectivity index (χ1n) is 8.04. The molecule has 3 N–H and O–H groups in total. The first-order chi connectivity index (χ1) is 11.0. The van der Waals surface area contributed by atoms with E-state index in [1.165, 1.54) is 0 Å². The van der Waals surface area contributed by atoms with Crippen LogP contribution in [0.2, 0.25) is 5.02 Å². The SMILES string of the molecule is CCNCCNC(=O)C(NC(=O)c1ccc(Cl)cc1)C(C)CC. The topological polar surface area (TPSA) is 70.2 Å². The van der Waals surface area contributed by atoms with Gasteiger partial charge in [0, 0.05) is 23.7 Å². The van der Waals surface area contributed by atoms with Crippen LogP contribution in [0, 0.1) is 5.92 Å². The van der Waals surface area contributed by atoms with Gasteiger partial charge in [0.05, 0.1) is 0 Å². The molecular weight excluding hydrogens is 314 g/mol. The summed E-state index contributed by atoms with van der Waals surface area (Å²) in [6, 6.07) is 6.06. The second kappa shape index (κ2) is 10.2. The highest BCUT2D eigenvalue weighted by molar-refractivity contribution is 6.30. The van der Waals surface area contributed by atoms with Crippen LogP contribution in [0.5, 0.6) is 0 Å². The molecule has 0 aromatic heterocycles. The van der Waals surface area contributed by atoms with Crippen molar-refractivity contribution >= 4 is 23.4 Å². The lowest BCUT2D eigenvalue weighted by Gasteiger charge is -2.23. The molecule has 1 aromatic rings. The number of rotatable bonds is 9. The number of likely N-dealkylation sites (N-methyl/N-ethyl adjacent to an activating group) is 1. The van der Waals surface area contributed by atoms with E-state index in [-0.39, 0.29) is 17.7 Å². The van der Waals surface area contributed by atoms with Crippen LogP contribution in [0.1, 0.15) is 37.6 Å². The average molecular weight is 340 g/mol. The minimum absolute atomic E-state index is 0.0467. The first kappa shape index (κ1) is 19.5. The summed E-state index contributed by atoms with van der Waals surface area (Å²) in [7, 11) is 0. The quantitative estimate of drug-likeness (QED) is 0.604.